The van der Waals surface area contributed by atoms with Gasteiger partial charge in [0.1, 0.15) is 4.90 Å². The maximum absolute atomic E-state index is 12.5. The van der Waals surface area contributed by atoms with Crippen molar-refractivity contribution in [3.63, 3.8) is 0 Å². The molecule has 0 atom stereocenters. The van der Waals surface area contributed by atoms with Crippen molar-refractivity contribution in [1.82, 2.24) is 19.4 Å². The van der Waals surface area contributed by atoms with Crippen LogP contribution in [0.4, 0.5) is 0 Å². The molecule has 1 N–H and O–H groups in total. The summed E-state index contributed by atoms with van der Waals surface area (Å²) in [6.45, 7) is 11.7. The van der Waals surface area contributed by atoms with E-state index in [2.05, 4.69) is 17.0 Å². The van der Waals surface area contributed by atoms with Crippen LogP contribution in [-0.2, 0) is 16.6 Å². The third kappa shape index (κ3) is 3.47. The summed E-state index contributed by atoms with van der Waals surface area (Å²) >= 11 is 0. The number of hydrogen-bond donors (Lipinski definition) is 1. The van der Waals surface area contributed by atoms with Gasteiger partial charge >= 0.3 is 0 Å². The van der Waals surface area contributed by atoms with Gasteiger partial charge in [0, 0.05) is 20.1 Å². The van der Waals surface area contributed by atoms with Crippen LogP contribution in [0.5, 0.6) is 0 Å². The lowest BCUT2D eigenvalue weighted by atomic mass is 10.4. The van der Waals surface area contributed by atoms with E-state index in [-0.39, 0.29) is 6.54 Å². The van der Waals surface area contributed by atoms with Gasteiger partial charge in [-0.25, -0.2) is 8.42 Å². The number of hydrogen-bond acceptors (Lipinski definition) is 4. The van der Waals surface area contributed by atoms with E-state index < -0.39 is 10.0 Å². The Morgan fingerprint density at radius 2 is 2.10 bits per heavy atom. The predicted molar refractivity (Wildman–Crippen MR) is 80.3 cm³/mol. The molecule has 1 aromatic heterocycles. The Balaban J connectivity index is 3.10. The van der Waals surface area contributed by atoms with E-state index in [1.54, 1.807) is 31.7 Å². The molecule has 0 aromatic carbocycles. The molecule has 0 saturated heterocycles. The van der Waals surface area contributed by atoms with E-state index in [1.165, 1.54) is 4.31 Å². The van der Waals surface area contributed by atoms with Crippen LogP contribution in [0.1, 0.15) is 18.3 Å². The lowest BCUT2D eigenvalue weighted by Crippen LogP contribution is -2.28. The molecule has 0 spiro atoms. The lowest BCUT2D eigenvalue weighted by Gasteiger charge is -2.15. The summed E-state index contributed by atoms with van der Waals surface area (Å²) in [6.07, 6.45) is 1.57. The molecule has 1 heterocycles. The first-order valence-corrected chi connectivity index (χ1v) is 8.12. The molecule has 1 rings (SSSR count). The highest BCUT2D eigenvalue weighted by molar-refractivity contribution is 7.89. The van der Waals surface area contributed by atoms with Crippen molar-refractivity contribution in [3.8, 4) is 0 Å². The second kappa shape index (κ2) is 7.01. The quantitative estimate of drug-likeness (QED) is 0.572. The van der Waals surface area contributed by atoms with Crippen LogP contribution in [0, 0.1) is 13.8 Å². The molecule has 0 fully saturated rings. The Morgan fingerprint density at radius 1 is 1.45 bits per heavy atom. The minimum absolute atomic E-state index is 0.282. The number of sulfonamides is 1. The first kappa shape index (κ1) is 16.9. The zero-order valence-electron chi connectivity index (χ0n) is 12.7. The first-order chi connectivity index (χ1) is 9.36. The normalized spacial score (nSPS) is 12.1. The van der Waals surface area contributed by atoms with E-state index in [9.17, 15) is 8.42 Å². The van der Waals surface area contributed by atoms with Crippen molar-refractivity contribution in [3.05, 3.63) is 24.0 Å². The molecule has 0 aliphatic carbocycles. The number of aromatic nitrogens is 2. The van der Waals surface area contributed by atoms with Crippen LogP contribution in [0.25, 0.3) is 0 Å². The fourth-order valence-corrected chi connectivity index (χ4v) is 3.58. The maximum Gasteiger partial charge on any atom is 0.246 e. The fourth-order valence-electron chi connectivity index (χ4n) is 2.07. The molecule has 0 aliphatic heterocycles. The third-order valence-corrected chi connectivity index (χ3v) is 5.20. The van der Waals surface area contributed by atoms with E-state index in [4.69, 9.17) is 0 Å². The highest BCUT2D eigenvalue weighted by atomic mass is 32.2. The van der Waals surface area contributed by atoms with Gasteiger partial charge in [0.15, 0.2) is 0 Å². The van der Waals surface area contributed by atoms with Gasteiger partial charge in [-0.1, -0.05) is 13.0 Å². The number of nitrogens with one attached hydrogen (secondary N) is 1. The van der Waals surface area contributed by atoms with E-state index in [0.29, 0.717) is 22.8 Å². The van der Waals surface area contributed by atoms with E-state index in [0.717, 1.165) is 13.1 Å². The van der Waals surface area contributed by atoms with Crippen LogP contribution in [0.3, 0.4) is 0 Å². The van der Waals surface area contributed by atoms with E-state index in [1.807, 2.05) is 6.92 Å². The Morgan fingerprint density at radius 3 is 2.65 bits per heavy atom. The van der Waals surface area contributed by atoms with Gasteiger partial charge in [-0.2, -0.15) is 9.40 Å². The molecule has 114 valence electrons. The average Bonchev–Trinajstić information content (AvgIpc) is 2.65. The lowest BCUT2D eigenvalue weighted by molar-refractivity contribution is 0.497. The van der Waals surface area contributed by atoms with Crippen LogP contribution < -0.4 is 5.32 Å². The minimum atomic E-state index is -3.51. The molecular formula is C13H24N4O2S. The Labute approximate surface area is 121 Å². The summed E-state index contributed by atoms with van der Waals surface area (Å²) in [4.78, 5) is 0.304. The summed E-state index contributed by atoms with van der Waals surface area (Å²) in [5.41, 5.74) is 1.21. The van der Waals surface area contributed by atoms with Crippen LogP contribution in [0.15, 0.2) is 17.6 Å². The monoisotopic (exact) mass is 300 g/mol. The molecule has 0 aliphatic rings. The fraction of sp³-hybridized carbons (Fsp3) is 0.615. The van der Waals surface area contributed by atoms with Gasteiger partial charge in [-0.05, 0) is 20.4 Å². The smallest absolute Gasteiger partial charge is 0.246 e. The molecule has 0 radical (unpaired) electrons. The number of aryl methyl sites for hydroxylation is 1. The molecular weight excluding hydrogens is 276 g/mol. The van der Waals surface area contributed by atoms with Crippen molar-refractivity contribution in [1.29, 1.82) is 0 Å². The predicted octanol–water partition coefficient (Wildman–Crippen LogP) is 0.916. The van der Waals surface area contributed by atoms with Gasteiger partial charge < -0.3 is 5.32 Å². The zero-order valence-corrected chi connectivity index (χ0v) is 13.5. The van der Waals surface area contributed by atoms with Gasteiger partial charge in [0.2, 0.25) is 10.0 Å². The summed E-state index contributed by atoms with van der Waals surface area (Å²) in [5.74, 6) is 0. The Hall–Kier alpha value is -1.18. The van der Waals surface area contributed by atoms with Crippen molar-refractivity contribution in [2.24, 2.45) is 0 Å². The SMILES string of the molecule is C=CCN(C)S(=O)(=O)c1c(C)nn(CCNCC)c1C. The van der Waals surface area contributed by atoms with Crippen molar-refractivity contribution in [2.45, 2.75) is 32.2 Å². The van der Waals surface area contributed by atoms with Crippen LogP contribution in [0.2, 0.25) is 0 Å². The zero-order chi connectivity index (χ0) is 15.3. The van der Waals surface area contributed by atoms with Crippen LogP contribution in [-0.4, -0.2) is 49.2 Å². The second-order valence-electron chi connectivity index (χ2n) is 4.65. The van der Waals surface area contributed by atoms with Gasteiger partial charge in [-0.3, -0.25) is 4.68 Å². The van der Waals surface area contributed by atoms with E-state index >= 15 is 0 Å². The maximum atomic E-state index is 12.5. The van der Waals surface area contributed by atoms with Crippen LogP contribution >= 0.6 is 0 Å². The molecule has 1 aromatic rings. The highest BCUT2D eigenvalue weighted by Gasteiger charge is 2.27. The van der Waals surface area contributed by atoms with Gasteiger partial charge in [0.25, 0.3) is 0 Å². The minimum Gasteiger partial charge on any atom is -0.315 e. The van der Waals surface area contributed by atoms with Crippen molar-refractivity contribution < 1.29 is 8.42 Å². The van der Waals surface area contributed by atoms with Gasteiger partial charge in [-0.15, -0.1) is 6.58 Å². The molecule has 0 bridgehead atoms. The highest BCUT2D eigenvalue weighted by Crippen LogP contribution is 2.22. The molecule has 0 saturated carbocycles. The molecule has 20 heavy (non-hydrogen) atoms. The number of rotatable bonds is 8. The first-order valence-electron chi connectivity index (χ1n) is 6.68. The van der Waals surface area contributed by atoms with Crippen molar-refractivity contribution in [2.75, 3.05) is 26.7 Å². The summed E-state index contributed by atoms with van der Waals surface area (Å²) in [7, 11) is -1.97. The Kier molecular flexibility index (Phi) is 5.91. The number of likely N-dealkylation sites (N-methyl/N-ethyl adjacent to an activating group) is 2. The largest absolute Gasteiger partial charge is 0.315 e. The Bertz CT molecular complexity index is 563. The summed E-state index contributed by atoms with van der Waals surface area (Å²) in [6, 6.07) is 0. The average molecular weight is 300 g/mol. The number of nitrogens with zero attached hydrogens (tertiary/aromatic N) is 3. The molecule has 0 unspecified atom stereocenters. The third-order valence-electron chi connectivity index (χ3n) is 3.12. The topological polar surface area (TPSA) is 67.2 Å². The second-order valence-corrected chi connectivity index (χ2v) is 6.63. The summed E-state index contributed by atoms with van der Waals surface area (Å²) in [5, 5.41) is 7.54. The summed E-state index contributed by atoms with van der Waals surface area (Å²) < 4.78 is 28.1. The molecule has 0 amide bonds. The molecule has 7 heteroatoms. The van der Waals surface area contributed by atoms with Gasteiger partial charge in [0.05, 0.1) is 17.9 Å². The molecule has 6 nitrogen and oxygen atoms in total. The van der Waals surface area contributed by atoms with Crippen molar-refractivity contribution >= 4 is 10.0 Å². The standard InChI is InChI=1S/C13H24N4O2S/c1-6-9-16(5)20(18,19)13-11(3)15-17(12(13)4)10-8-14-7-2/h6,14H,1,7-10H2,2-5H3.